The molecule has 0 radical (unpaired) electrons. The summed E-state index contributed by atoms with van der Waals surface area (Å²) in [6.07, 6.45) is 1.78. The molecule has 0 saturated heterocycles. The lowest BCUT2D eigenvalue weighted by Crippen LogP contribution is -2.28. The molecule has 18 heavy (non-hydrogen) atoms. The third-order valence-corrected chi connectivity index (χ3v) is 3.66. The number of halogens is 1. The van der Waals surface area contributed by atoms with Crippen molar-refractivity contribution in [1.29, 1.82) is 0 Å². The zero-order chi connectivity index (χ0) is 13.4. The lowest BCUT2D eigenvalue weighted by molar-refractivity contribution is 0.225. The molecular formula is C14H23BrN2O. The summed E-state index contributed by atoms with van der Waals surface area (Å²) >= 11 is 3.42. The fraction of sp³-hybridized carbons (Fsp3) is 0.571. The van der Waals surface area contributed by atoms with E-state index in [1.165, 1.54) is 5.56 Å². The molecule has 0 spiro atoms. The number of nitrogens with zero attached hydrogens (tertiary/aromatic N) is 1. The Morgan fingerprint density at radius 3 is 2.50 bits per heavy atom. The lowest BCUT2D eigenvalue weighted by atomic mass is 10.0. The second-order valence-corrected chi connectivity index (χ2v) is 5.37. The molecule has 1 rings (SSSR count). The number of aliphatic hydroxyl groups is 1. The Balaban J connectivity index is 2.39. The number of rotatable bonds is 8. The Morgan fingerprint density at radius 1 is 1.28 bits per heavy atom. The predicted molar refractivity (Wildman–Crippen MR) is 79.5 cm³/mol. The Bertz CT molecular complexity index is 329. The highest BCUT2D eigenvalue weighted by Gasteiger charge is 2.08. The van der Waals surface area contributed by atoms with Crippen LogP contribution in [0.4, 0.5) is 0 Å². The number of hydrogen-bond donors (Lipinski definition) is 2. The first-order valence-electron chi connectivity index (χ1n) is 6.51. The molecule has 0 fully saturated rings. The number of hydrogen-bond acceptors (Lipinski definition) is 3. The van der Waals surface area contributed by atoms with Crippen LogP contribution >= 0.6 is 15.9 Å². The zero-order valence-corrected chi connectivity index (χ0v) is 12.6. The van der Waals surface area contributed by atoms with Gasteiger partial charge in [0.25, 0.3) is 0 Å². The van der Waals surface area contributed by atoms with Crippen LogP contribution in [0, 0.1) is 0 Å². The second kappa shape index (κ2) is 8.64. The van der Waals surface area contributed by atoms with Gasteiger partial charge >= 0.3 is 0 Å². The highest BCUT2D eigenvalue weighted by Crippen LogP contribution is 2.17. The Labute approximate surface area is 118 Å². The third-order valence-electron chi connectivity index (χ3n) is 3.13. The smallest absolute Gasteiger partial charge is 0.0443 e. The molecule has 102 valence electrons. The van der Waals surface area contributed by atoms with E-state index in [0.29, 0.717) is 0 Å². The molecule has 0 aromatic heterocycles. The van der Waals surface area contributed by atoms with Gasteiger partial charge in [0.05, 0.1) is 0 Å². The Kier molecular flexibility index (Phi) is 7.51. The average Bonchev–Trinajstić information content (AvgIpc) is 2.39. The third kappa shape index (κ3) is 5.48. The van der Waals surface area contributed by atoms with Crippen LogP contribution in [0.3, 0.4) is 0 Å². The van der Waals surface area contributed by atoms with Crippen LogP contribution in [-0.2, 0) is 0 Å². The summed E-state index contributed by atoms with van der Waals surface area (Å²) in [4.78, 5) is 2.33. The molecule has 0 aliphatic rings. The van der Waals surface area contributed by atoms with Crippen molar-refractivity contribution in [3.05, 3.63) is 34.3 Å². The van der Waals surface area contributed by atoms with Gasteiger partial charge in [-0.1, -0.05) is 35.0 Å². The quantitative estimate of drug-likeness (QED) is 0.775. The van der Waals surface area contributed by atoms with Crippen LogP contribution in [0.25, 0.3) is 0 Å². The molecular weight excluding hydrogens is 292 g/mol. The largest absolute Gasteiger partial charge is 0.396 e. The first-order chi connectivity index (χ1) is 8.67. The van der Waals surface area contributed by atoms with Gasteiger partial charge in [-0.3, -0.25) is 0 Å². The molecule has 1 unspecified atom stereocenters. The normalized spacial score (nSPS) is 12.9. The SMILES string of the molecule is CCN(CCCO)CCC(N)c1ccc(Br)cc1. The van der Waals surface area contributed by atoms with Gasteiger partial charge in [-0.05, 0) is 43.6 Å². The average molecular weight is 315 g/mol. The minimum atomic E-state index is 0.0845. The van der Waals surface area contributed by atoms with Gasteiger partial charge in [0.15, 0.2) is 0 Å². The topological polar surface area (TPSA) is 49.5 Å². The van der Waals surface area contributed by atoms with Crippen molar-refractivity contribution in [3.8, 4) is 0 Å². The van der Waals surface area contributed by atoms with Crippen LogP contribution < -0.4 is 5.73 Å². The van der Waals surface area contributed by atoms with E-state index >= 15 is 0 Å². The standard InChI is InChI=1S/C14H23BrN2O/c1-2-17(9-3-11-18)10-8-14(16)12-4-6-13(15)7-5-12/h4-7,14,18H,2-3,8-11,16H2,1H3. The molecule has 1 aromatic carbocycles. The summed E-state index contributed by atoms with van der Waals surface area (Å²) in [5.74, 6) is 0. The van der Waals surface area contributed by atoms with Crippen molar-refractivity contribution in [2.45, 2.75) is 25.8 Å². The van der Waals surface area contributed by atoms with Gasteiger partial charge in [0.2, 0.25) is 0 Å². The van der Waals surface area contributed by atoms with E-state index in [-0.39, 0.29) is 12.6 Å². The van der Waals surface area contributed by atoms with Gasteiger partial charge in [-0.15, -0.1) is 0 Å². The van der Waals surface area contributed by atoms with Gasteiger partial charge < -0.3 is 15.7 Å². The minimum absolute atomic E-state index is 0.0845. The molecule has 3 nitrogen and oxygen atoms in total. The molecule has 3 N–H and O–H groups in total. The molecule has 4 heteroatoms. The Morgan fingerprint density at radius 2 is 1.94 bits per heavy atom. The first kappa shape index (κ1) is 15.6. The van der Waals surface area contributed by atoms with Crippen LogP contribution in [0.15, 0.2) is 28.7 Å². The summed E-state index contributed by atoms with van der Waals surface area (Å²) in [5.41, 5.74) is 7.36. The summed E-state index contributed by atoms with van der Waals surface area (Å²) < 4.78 is 1.08. The monoisotopic (exact) mass is 314 g/mol. The van der Waals surface area contributed by atoms with Crippen molar-refractivity contribution in [2.75, 3.05) is 26.2 Å². The van der Waals surface area contributed by atoms with Gasteiger partial charge in [-0.25, -0.2) is 0 Å². The number of nitrogens with two attached hydrogens (primary N) is 1. The minimum Gasteiger partial charge on any atom is -0.396 e. The lowest BCUT2D eigenvalue weighted by Gasteiger charge is -2.22. The van der Waals surface area contributed by atoms with Crippen molar-refractivity contribution in [3.63, 3.8) is 0 Å². The molecule has 0 aliphatic heterocycles. The van der Waals surface area contributed by atoms with Crippen molar-refractivity contribution in [2.24, 2.45) is 5.73 Å². The van der Waals surface area contributed by atoms with Gasteiger partial charge in [0, 0.05) is 23.7 Å². The van der Waals surface area contributed by atoms with Crippen LogP contribution in [0.2, 0.25) is 0 Å². The van der Waals surface area contributed by atoms with Crippen molar-refractivity contribution < 1.29 is 5.11 Å². The van der Waals surface area contributed by atoms with Gasteiger partial charge in [0.1, 0.15) is 0 Å². The van der Waals surface area contributed by atoms with Crippen molar-refractivity contribution >= 4 is 15.9 Å². The van der Waals surface area contributed by atoms with E-state index in [1.54, 1.807) is 0 Å². The van der Waals surface area contributed by atoms with E-state index in [9.17, 15) is 0 Å². The maximum absolute atomic E-state index is 8.84. The number of aliphatic hydroxyl groups excluding tert-OH is 1. The highest BCUT2D eigenvalue weighted by atomic mass is 79.9. The van der Waals surface area contributed by atoms with E-state index < -0.39 is 0 Å². The van der Waals surface area contributed by atoms with Crippen LogP contribution in [0.5, 0.6) is 0 Å². The molecule has 0 bridgehead atoms. The van der Waals surface area contributed by atoms with E-state index in [1.807, 2.05) is 12.1 Å². The van der Waals surface area contributed by atoms with Crippen LogP contribution in [-0.4, -0.2) is 36.2 Å². The second-order valence-electron chi connectivity index (χ2n) is 4.46. The molecule has 1 aromatic rings. The summed E-state index contributed by atoms with van der Waals surface area (Å²) in [5, 5.41) is 8.84. The summed E-state index contributed by atoms with van der Waals surface area (Å²) in [6.45, 7) is 5.33. The maximum atomic E-state index is 8.84. The fourth-order valence-electron chi connectivity index (χ4n) is 1.92. The summed E-state index contributed by atoms with van der Waals surface area (Å²) in [7, 11) is 0. The molecule has 0 heterocycles. The molecule has 0 amide bonds. The molecule has 1 atom stereocenters. The summed E-state index contributed by atoms with van der Waals surface area (Å²) in [6, 6.07) is 8.27. The first-order valence-corrected chi connectivity index (χ1v) is 7.31. The predicted octanol–water partition coefficient (Wildman–Crippen LogP) is 2.54. The van der Waals surface area contributed by atoms with E-state index in [0.717, 1.165) is 36.9 Å². The van der Waals surface area contributed by atoms with E-state index in [2.05, 4.69) is 39.9 Å². The molecule has 0 saturated carbocycles. The fourth-order valence-corrected chi connectivity index (χ4v) is 2.18. The number of benzene rings is 1. The Hall–Kier alpha value is -0.420. The molecule has 0 aliphatic carbocycles. The van der Waals surface area contributed by atoms with E-state index in [4.69, 9.17) is 10.8 Å². The van der Waals surface area contributed by atoms with Crippen molar-refractivity contribution in [1.82, 2.24) is 4.90 Å². The van der Waals surface area contributed by atoms with Crippen LogP contribution in [0.1, 0.15) is 31.4 Å². The highest BCUT2D eigenvalue weighted by molar-refractivity contribution is 9.10. The van der Waals surface area contributed by atoms with Gasteiger partial charge in [-0.2, -0.15) is 0 Å². The zero-order valence-electron chi connectivity index (χ0n) is 11.0. The maximum Gasteiger partial charge on any atom is 0.0443 e.